The van der Waals surface area contributed by atoms with Crippen LogP contribution in [0.15, 0.2) is 40.7 Å². The summed E-state index contributed by atoms with van der Waals surface area (Å²) in [4.78, 5) is 14.5. The lowest BCUT2D eigenvalue weighted by molar-refractivity contribution is -0.435. The predicted octanol–water partition coefficient (Wildman–Crippen LogP) is 5.62. The van der Waals surface area contributed by atoms with Crippen LogP contribution >= 0.6 is 11.3 Å². The van der Waals surface area contributed by atoms with E-state index in [-0.39, 0.29) is 5.13 Å². The number of rotatable bonds is 9. The van der Waals surface area contributed by atoms with Crippen LogP contribution in [0.1, 0.15) is 0 Å². The Morgan fingerprint density at radius 1 is 0.757 bits per heavy atom. The number of benzene rings is 1. The lowest BCUT2D eigenvalue weighted by atomic mass is 9.93. The largest absolute Gasteiger partial charge is 0.460 e. The van der Waals surface area contributed by atoms with E-state index >= 15 is 0 Å². The fourth-order valence-corrected chi connectivity index (χ4v) is 4.08. The van der Waals surface area contributed by atoms with Gasteiger partial charge in [0, 0.05) is 17.3 Å². The van der Waals surface area contributed by atoms with Gasteiger partial charge in [0.25, 0.3) is 10.0 Å². The summed E-state index contributed by atoms with van der Waals surface area (Å²) in [6, 6.07) is 2.00. The molecule has 1 aromatic heterocycles. The summed E-state index contributed by atoms with van der Waals surface area (Å²) in [7, 11) is -4.37. The highest BCUT2D eigenvalue weighted by molar-refractivity contribution is 7.93. The zero-order valence-electron chi connectivity index (χ0n) is 16.9. The zero-order valence-corrected chi connectivity index (χ0v) is 18.5. The molecule has 0 aliphatic carbocycles. The zero-order chi connectivity index (χ0) is 28.9. The van der Waals surface area contributed by atoms with Crippen molar-refractivity contribution in [2.45, 2.75) is 40.7 Å². The smallest absolute Gasteiger partial charge is 0.321 e. The molecule has 2 rings (SSSR count). The van der Waals surface area contributed by atoms with Gasteiger partial charge < -0.3 is 5.32 Å². The lowest BCUT2D eigenvalue weighted by Crippen LogP contribution is -2.71. The first-order valence-electron chi connectivity index (χ1n) is 8.73. The summed E-state index contributed by atoms with van der Waals surface area (Å²) in [6.45, 7) is 0. The van der Waals surface area contributed by atoms with E-state index < -0.39 is 62.3 Å². The molecule has 0 saturated heterocycles. The van der Waals surface area contributed by atoms with E-state index in [1.165, 1.54) is 11.6 Å². The number of nitrogens with zero attached hydrogens (tertiary/aromatic N) is 1. The summed E-state index contributed by atoms with van der Waals surface area (Å²) in [5, 5.41) is 2.06. The second-order valence-electron chi connectivity index (χ2n) is 6.79. The van der Waals surface area contributed by atoms with Gasteiger partial charge in [-0.2, -0.15) is 57.1 Å². The van der Waals surface area contributed by atoms with Gasteiger partial charge in [0.1, 0.15) is 0 Å². The molecule has 0 fully saturated rings. The highest BCUT2D eigenvalue weighted by Gasteiger charge is 2.91. The summed E-state index contributed by atoms with van der Waals surface area (Å²) in [6.07, 6.45) is -6.37. The Bertz CT molecular complexity index is 1230. The van der Waals surface area contributed by atoms with E-state index in [1.54, 1.807) is 0 Å². The van der Waals surface area contributed by atoms with Gasteiger partial charge >= 0.3 is 41.7 Å². The molecule has 0 atom stereocenters. The molecule has 0 bridgehead atoms. The molecule has 6 nitrogen and oxygen atoms in total. The summed E-state index contributed by atoms with van der Waals surface area (Å²) in [5.74, 6) is -42.5. The maximum Gasteiger partial charge on any atom is 0.460 e. The van der Waals surface area contributed by atoms with Crippen molar-refractivity contribution < 1.29 is 70.3 Å². The van der Waals surface area contributed by atoms with Crippen LogP contribution in [0.3, 0.4) is 0 Å². The van der Waals surface area contributed by atoms with Crippen molar-refractivity contribution in [3.05, 3.63) is 35.8 Å². The van der Waals surface area contributed by atoms with Gasteiger partial charge in [-0.1, -0.05) is 0 Å². The molecular formula is C16H8F13N3O3S2. The molecule has 21 heteroatoms. The first-order chi connectivity index (χ1) is 16.4. The van der Waals surface area contributed by atoms with E-state index in [4.69, 9.17) is 0 Å². The number of carbonyl (C=O) groups excluding carboxylic acids is 1. The normalized spacial score (nSPS) is 14.4. The number of hydrogen-bond donors (Lipinski definition) is 2. The molecule has 0 aliphatic rings. The van der Waals surface area contributed by atoms with Crippen molar-refractivity contribution in [2.24, 2.45) is 0 Å². The number of carbonyl (C=O) groups is 1. The maximum absolute atomic E-state index is 13.9. The average molecular weight is 601 g/mol. The van der Waals surface area contributed by atoms with Crippen molar-refractivity contribution in [1.29, 1.82) is 0 Å². The third kappa shape index (κ3) is 5.01. The first kappa shape index (κ1) is 30.4. The monoisotopic (exact) mass is 601 g/mol. The summed E-state index contributed by atoms with van der Waals surface area (Å²) >= 11 is 0.831. The van der Waals surface area contributed by atoms with Crippen LogP contribution in [0.5, 0.6) is 0 Å². The Morgan fingerprint density at radius 2 is 1.24 bits per heavy atom. The van der Waals surface area contributed by atoms with Crippen molar-refractivity contribution in [3.8, 4) is 0 Å². The minimum atomic E-state index is -8.15. The molecule has 2 aromatic rings. The van der Waals surface area contributed by atoms with E-state index in [0.717, 1.165) is 16.7 Å². The molecule has 1 heterocycles. The molecule has 1 amide bonds. The molecule has 2 N–H and O–H groups in total. The Kier molecular flexibility index (Phi) is 7.53. The number of aromatic nitrogens is 1. The van der Waals surface area contributed by atoms with Gasteiger partial charge in [-0.05, 0) is 24.3 Å². The van der Waals surface area contributed by atoms with Gasteiger partial charge in [-0.3, -0.25) is 9.52 Å². The van der Waals surface area contributed by atoms with Crippen LogP contribution in [0.2, 0.25) is 0 Å². The molecule has 0 spiro atoms. The number of sulfonamides is 1. The molecule has 37 heavy (non-hydrogen) atoms. The summed E-state index contributed by atoms with van der Waals surface area (Å²) < 4.78 is 197. The van der Waals surface area contributed by atoms with Gasteiger partial charge in [0.2, 0.25) is 0 Å². The molecular weight excluding hydrogens is 593 g/mol. The number of amides is 1. The van der Waals surface area contributed by atoms with Gasteiger partial charge in [-0.25, -0.2) is 13.4 Å². The van der Waals surface area contributed by atoms with Crippen LogP contribution in [0.4, 0.5) is 67.9 Å². The van der Waals surface area contributed by atoms with E-state index in [2.05, 4.69) is 4.98 Å². The van der Waals surface area contributed by atoms with E-state index in [0.29, 0.717) is 24.3 Å². The average Bonchev–Trinajstić information content (AvgIpc) is 3.25. The standard InChI is InChI=1S/C16H8F13N3O3S2/c17-11(18,12(19,20)13(21,22)14(23,24)15(25,26)16(27,28)29)9(33)31-7-1-3-8(4-2-7)37(34,35)32-10-30-5-6-36-10/h1-6H,(H,30,32)(H,31,33). The van der Waals surface area contributed by atoms with Crippen LogP contribution < -0.4 is 10.0 Å². The van der Waals surface area contributed by atoms with Crippen molar-refractivity contribution in [1.82, 2.24) is 4.98 Å². The fraction of sp³-hybridized carbons (Fsp3) is 0.375. The van der Waals surface area contributed by atoms with Gasteiger partial charge in [-0.15, -0.1) is 11.3 Å². The number of alkyl halides is 13. The van der Waals surface area contributed by atoms with Crippen LogP contribution in [-0.2, 0) is 14.8 Å². The van der Waals surface area contributed by atoms with Crippen LogP contribution in [0.25, 0.3) is 0 Å². The predicted molar refractivity (Wildman–Crippen MR) is 98.8 cm³/mol. The molecule has 0 unspecified atom stereocenters. The van der Waals surface area contributed by atoms with Crippen LogP contribution in [0, 0.1) is 0 Å². The number of anilines is 2. The van der Waals surface area contributed by atoms with Gasteiger partial charge in [0.05, 0.1) is 4.90 Å². The molecule has 0 saturated carbocycles. The van der Waals surface area contributed by atoms with E-state index in [1.807, 2.05) is 4.72 Å². The quantitative estimate of drug-likeness (QED) is 0.366. The molecule has 1 aromatic carbocycles. The Labute approximate surface area is 200 Å². The SMILES string of the molecule is O=C(Nc1ccc(S(=O)(=O)Nc2nccs2)cc1)C(F)(F)C(F)(F)C(F)(F)C(F)(F)C(F)(F)C(F)(F)F. The number of nitrogens with one attached hydrogen (secondary N) is 2. The number of halogens is 13. The topological polar surface area (TPSA) is 88.2 Å². The van der Waals surface area contributed by atoms with Crippen LogP contribution in [-0.4, -0.2) is 55.1 Å². The highest BCUT2D eigenvalue weighted by Crippen LogP contribution is 2.60. The lowest BCUT2D eigenvalue weighted by Gasteiger charge is -2.39. The van der Waals surface area contributed by atoms with Crippen molar-refractivity contribution in [2.75, 3.05) is 10.0 Å². The second kappa shape index (κ2) is 9.17. The van der Waals surface area contributed by atoms with Crippen molar-refractivity contribution >= 4 is 38.1 Å². The third-order valence-corrected chi connectivity index (χ3v) is 6.47. The molecule has 208 valence electrons. The minimum absolute atomic E-state index is 0.131. The Balaban J connectivity index is 2.32. The first-order valence-corrected chi connectivity index (χ1v) is 11.1. The molecule has 0 aliphatic heterocycles. The third-order valence-electron chi connectivity index (χ3n) is 4.30. The maximum atomic E-state index is 13.9. The van der Waals surface area contributed by atoms with E-state index in [9.17, 15) is 70.3 Å². The van der Waals surface area contributed by atoms with Crippen molar-refractivity contribution in [3.63, 3.8) is 0 Å². The fourth-order valence-electron chi connectivity index (χ4n) is 2.29. The van der Waals surface area contributed by atoms with Gasteiger partial charge in [0.15, 0.2) is 5.13 Å². The second-order valence-corrected chi connectivity index (χ2v) is 9.37. The summed E-state index contributed by atoms with van der Waals surface area (Å²) in [5.41, 5.74) is -1.02. The molecule has 0 radical (unpaired) electrons. The minimum Gasteiger partial charge on any atom is -0.321 e. The Hall–Kier alpha value is -2.84. The highest BCUT2D eigenvalue weighted by atomic mass is 32.2. The number of thiazole rings is 1. The Morgan fingerprint density at radius 3 is 1.68 bits per heavy atom. The number of hydrogen-bond acceptors (Lipinski definition) is 5.